The van der Waals surface area contributed by atoms with E-state index in [1.54, 1.807) is 4.68 Å². The number of rotatable bonds is 5. The van der Waals surface area contributed by atoms with Crippen molar-refractivity contribution in [1.82, 2.24) is 24.5 Å². The van der Waals surface area contributed by atoms with E-state index in [2.05, 4.69) is 20.2 Å². The van der Waals surface area contributed by atoms with Gasteiger partial charge in [0.1, 0.15) is 0 Å². The molecule has 2 aliphatic rings. The van der Waals surface area contributed by atoms with Crippen molar-refractivity contribution in [2.75, 3.05) is 51.1 Å². The highest BCUT2D eigenvalue weighted by molar-refractivity contribution is 5.95. The third-order valence-electron chi connectivity index (χ3n) is 6.16. The zero-order valence-corrected chi connectivity index (χ0v) is 17.7. The molecule has 0 radical (unpaired) electrons. The van der Waals surface area contributed by atoms with Gasteiger partial charge in [0.15, 0.2) is 0 Å². The van der Waals surface area contributed by atoms with Crippen LogP contribution >= 0.6 is 0 Å². The van der Waals surface area contributed by atoms with Gasteiger partial charge in [-0.2, -0.15) is 5.10 Å². The number of hydrogen-bond donors (Lipinski definition) is 1. The molecular formula is C20H34N6O2. The predicted octanol–water partition coefficient (Wildman–Crippen LogP) is 0.994. The van der Waals surface area contributed by atoms with Gasteiger partial charge in [-0.1, -0.05) is 0 Å². The van der Waals surface area contributed by atoms with Crippen LogP contribution in [0.2, 0.25) is 0 Å². The lowest BCUT2D eigenvalue weighted by molar-refractivity contribution is -0.134. The lowest BCUT2D eigenvalue weighted by Gasteiger charge is -2.38. The van der Waals surface area contributed by atoms with Crippen molar-refractivity contribution >= 4 is 17.5 Å². The number of aromatic nitrogens is 2. The highest BCUT2D eigenvalue weighted by Gasteiger charge is 2.28. The number of carbonyl (C=O) groups excluding carboxylic acids is 2. The summed E-state index contributed by atoms with van der Waals surface area (Å²) in [7, 11) is 1.88. The summed E-state index contributed by atoms with van der Waals surface area (Å²) in [5.74, 6) is 0.249. The molecule has 2 fully saturated rings. The second-order valence-corrected chi connectivity index (χ2v) is 8.09. The highest BCUT2D eigenvalue weighted by atomic mass is 16.2. The highest BCUT2D eigenvalue weighted by Crippen LogP contribution is 2.19. The van der Waals surface area contributed by atoms with E-state index in [0.29, 0.717) is 6.54 Å². The van der Waals surface area contributed by atoms with Crippen molar-refractivity contribution in [3.63, 3.8) is 0 Å². The quantitative estimate of drug-likeness (QED) is 0.812. The van der Waals surface area contributed by atoms with Gasteiger partial charge >= 0.3 is 0 Å². The molecule has 1 aromatic rings. The molecule has 8 heteroatoms. The maximum absolute atomic E-state index is 12.7. The number of nitrogens with zero attached hydrogens (tertiary/aromatic N) is 5. The first kappa shape index (κ1) is 20.8. The van der Waals surface area contributed by atoms with E-state index in [0.717, 1.165) is 69.2 Å². The van der Waals surface area contributed by atoms with Crippen LogP contribution in [-0.2, 0) is 16.6 Å². The number of piperazine rings is 1. The number of nitrogens with one attached hydrogen (secondary N) is 1. The minimum atomic E-state index is -0.209. The van der Waals surface area contributed by atoms with Gasteiger partial charge in [-0.3, -0.25) is 24.1 Å². The van der Waals surface area contributed by atoms with Crippen molar-refractivity contribution in [3.05, 3.63) is 11.4 Å². The molecule has 2 aliphatic heterocycles. The van der Waals surface area contributed by atoms with E-state index in [-0.39, 0.29) is 17.9 Å². The molecule has 156 valence electrons. The molecule has 2 saturated heterocycles. The van der Waals surface area contributed by atoms with Crippen molar-refractivity contribution in [3.8, 4) is 0 Å². The summed E-state index contributed by atoms with van der Waals surface area (Å²) >= 11 is 0. The molecule has 3 rings (SSSR count). The molecule has 28 heavy (non-hydrogen) atoms. The summed E-state index contributed by atoms with van der Waals surface area (Å²) in [5, 5.41) is 7.40. The molecule has 3 heterocycles. The second kappa shape index (κ2) is 9.05. The SMILES string of the molecule is Cc1nn(C)c(C)c1NC(=O)[C@H](C)N1CCN(CC(=O)N2CCCCC2)CC1. The molecule has 0 aromatic carbocycles. The fourth-order valence-electron chi connectivity index (χ4n) is 4.09. The molecule has 0 bridgehead atoms. The maximum atomic E-state index is 12.7. The van der Waals surface area contributed by atoms with Crippen LogP contribution in [0, 0.1) is 13.8 Å². The van der Waals surface area contributed by atoms with Crippen molar-refractivity contribution in [1.29, 1.82) is 0 Å². The zero-order chi connectivity index (χ0) is 20.3. The molecule has 0 aliphatic carbocycles. The summed E-state index contributed by atoms with van der Waals surface area (Å²) in [5.41, 5.74) is 2.60. The molecule has 1 N–H and O–H groups in total. The lowest BCUT2D eigenvalue weighted by Crippen LogP contribution is -2.54. The number of piperidine rings is 1. The van der Waals surface area contributed by atoms with Crippen LogP contribution in [0.25, 0.3) is 0 Å². The summed E-state index contributed by atoms with van der Waals surface area (Å²) in [4.78, 5) is 31.6. The first-order chi connectivity index (χ1) is 13.4. The van der Waals surface area contributed by atoms with Crippen LogP contribution in [-0.4, -0.2) is 88.1 Å². The minimum absolute atomic E-state index is 0.00274. The Hall–Kier alpha value is -1.93. The van der Waals surface area contributed by atoms with E-state index >= 15 is 0 Å². The lowest BCUT2D eigenvalue weighted by atomic mass is 10.1. The van der Waals surface area contributed by atoms with Crippen LogP contribution in [0.1, 0.15) is 37.6 Å². The van der Waals surface area contributed by atoms with Crippen LogP contribution < -0.4 is 5.32 Å². The largest absolute Gasteiger partial charge is 0.342 e. The molecule has 2 amide bonds. The Morgan fingerprint density at radius 1 is 1.04 bits per heavy atom. The Kier molecular flexibility index (Phi) is 6.72. The molecular weight excluding hydrogens is 356 g/mol. The van der Waals surface area contributed by atoms with Gasteiger partial charge < -0.3 is 10.2 Å². The monoisotopic (exact) mass is 390 g/mol. The fourth-order valence-corrected chi connectivity index (χ4v) is 4.09. The number of amides is 2. The first-order valence-electron chi connectivity index (χ1n) is 10.4. The van der Waals surface area contributed by atoms with Gasteiger partial charge in [-0.05, 0) is 40.0 Å². The van der Waals surface area contributed by atoms with Crippen LogP contribution in [0.3, 0.4) is 0 Å². The minimum Gasteiger partial charge on any atom is -0.342 e. The van der Waals surface area contributed by atoms with Crippen molar-refractivity contribution in [2.45, 2.75) is 46.1 Å². The van der Waals surface area contributed by atoms with E-state index in [4.69, 9.17) is 0 Å². The van der Waals surface area contributed by atoms with Crippen LogP contribution in [0.4, 0.5) is 5.69 Å². The first-order valence-corrected chi connectivity index (χ1v) is 10.4. The average molecular weight is 391 g/mol. The van der Waals surface area contributed by atoms with E-state index < -0.39 is 0 Å². The van der Waals surface area contributed by atoms with Gasteiger partial charge in [0.25, 0.3) is 0 Å². The Morgan fingerprint density at radius 2 is 1.68 bits per heavy atom. The Labute approximate surface area is 167 Å². The average Bonchev–Trinajstić information content (AvgIpc) is 2.94. The molecule has 0 saturated carbocycles. The Balaban J connectivity index is 1.47. The summed E-state index contributed by atoms with van der Waals surface area (Å²) in [6.45, 7) is 11.4. The number of likely N-dealkylation sites (tertiary alicyclic amines) is 1. The van der Waals surface area contributed by atoms with Gasteiger partial charge in [0.2, 0.25) is 11.8 Å². The Morgan fingerprint density at radius 3 is 2.25 bits per heavy atom. The molecule has 0 unspecified atom stereocenters. The van der Waals surface area contributed by atoms with E-state index in [1.165, 1.54) is 6.42 Å². The zero-order valence-electron chi connectivity index (χ0n) is 17.7. The number of carbonyl (C=O) groups is 2. The standard InChI is InChI=1S/C20H34N6O2/c1-15-19(16(2)23(4)22-15)21-20(28)17(3)25-12-10-24(11-13-25)14-18(27)26-8-6-5-7-9-26/h17H,5-14H2,1-4H3,(H,21,28)/t17-/m0/s1. The smallest absolute Gasteiger partial charge is 0.241 e. The van der Waals surface area contributed by atoms with Crippen LogP contribution in [0.5, 0.6) is 0 Å². The van der Waals surface area contributed by atoms with Crippen molar-refractivity contribution < 1.29 is 9.59 Å². The molecule has 0 spiro atoms. The van der Waals surface area contributed by atoms with Gasteiger partial charge in [0, 0.05) is 46.3 Å². The molecule has 8 nitrogen and oxygen atoms in total. The number of anilines is 1. The third-order valence-corrected chi connectivity index (χ3v) is 6.16. The number of aryl methyl sites for hydroxylation is 2. The third kappa shape index (κ3) is 4.72. The van der Waals surface area contributed by atoms with E-state index in [9.17, 15) is 9.59 Å². The summed E-state index contributed by atoms with van der Waals surface area (Å²) in [6.07, 6.45) is 3.49. The predicted molar refractivity (Wildman–Crippen MR) is 109 cm³/mol. The Bertz CT molecular complexity index is 702. The molecule has 1 aromatic heterocycles. The van der Waals surface area contributed by atoms with Gasteiger partial charge in [-0.15, -0.1) is 0 Å². The molecule has 1 atom stereocenters. The second-order valence-electron chi connectivity index (χ2n) is 8.09. The van der Waals surface area contributed by atoms with Crippen LogP contribution in [0.15, 0.2) is 0 Å². The topological polar surface area (TPSA) is 73.7 Å². The van der Waals surface area contributed by atoms with Crippen molar-refractivity contribution in [2.24, 2.45) is 7.05 Å². The fraction of sp³-hybridized carbons (Fsp3) is 0.750. The number of hydrogen-bond acceptors (Lipinski definition) is 5. The summed E-state index contributed by atoms with van der Waals surface area (Å²) < 4.78 is 1.79. The summed E-state index contributed by atoms with van der Waals surface area (Å²) in [6, 6.07) is -0.209. The van der Waals surface area contributed by atoms with Gasteiger partial charge in [-0.25, -0.2) is 0 Å². The normalized spacial score (nSPS) is 20.2. The van der Waals surface area contributed by atoms with E-state index in [1.807, 2.05) is 32.7 Å². The maximum Gasteiger partial charge on any atom is 0.241 e. The van der Waals surface area contributed by atoms with Gasteiger partial charge in [0.05, 0.1) is 29.7 Å².